The summed E-state index contributed by atoms with van der Waals surface area (Å²) in [5.74, 6) is 0. The quantitative estimate of drug-likeness (QED) is 0.503. The second kappa shape index (κ2) is 9.89. The maximum absolute atomic E-state index is 2.99. The summed E-state index contributed by atoms with van der Waals surface area (Å²) >= 11 is 0. The fourth-order valence-corrected chi connectivity index (χ4v) is 2.84. The predicted octanol–water partition coefficient (Wildman–Crippen LogP) is -1.30. The summed E-state index contributed by atoms with van der Waals surface area (Å²) in [7, 11) is 0. The van der Waals surface area contributed by atoms with Crippen LogP contribution in [0.15, 0.2) is 48.1 Å². The van der Waals surface area contributed by atoms with E-state index in [-0.39, 0.29) is 35.6 Å². The first-order valence-electron chi connectivity index (χ1n) is 6.80. The SMILES string of the molecule is [C-]1=CC=CC1.[F-].[F-].[Zr+4].c1ccc2c(c1)CC1=C2CCC[CH-]1. The van der Waals surface area contributed by atoms with Crippen LogP contribution >= 0.6 is 0 Å². The van der Waals surface area contributed by atoms with E-state index in [1.165, 1.54) is 36.8 Å². The van der Waals surface area contributed by atoms with Crippen LogP contribution in [-0.2, 0) is 32.6 Å². The number of halogens is 2. The van der Waals surface area contributed by atoms with Gasteiger partial charge in [0.25, 0.3) is 0 Å². The van der Waals surface area contributed by atoms with Crippen molar-refractivity contribution in [2.45, 2.75) is 32.1 Å². The number of fused-ring (bicyclic) bond motifs is 2. The van der Waals surface area contributed by atoms with Gasteiger partial charge in [-0.05, 0) is 6.42 Å². The molecule has 0 heterocycles. The van der Waals surface area contributed by atoms with Crippen LogP contribution in [0.1, 0.15) is 36.8 Å². The Morgan fingerprint density at radius 3 is 2.57 bits per heavy atom. The molecular weight excluding hydrogens is 345 g/mol. The zero-order chi connectivity index (χ0) is 12.2. The largest absolute Gasteiger partial charge is 4.00 e. The molecule has 108 valence electrons. The van der Waals surface area contributed by atoms with E-state index in [0.29, 0.717) is 0 Å². The zero-order valence-corrected chi connectivity index (χ0v) is 14.4. The van der Waals surface area contributed by atoms with E-state index in [4.69, 9.17) is 0 Å². The first-order chi connectivity index (χ1) is 8.95. The molecule has 0 fully saturated rings. The van der Waals surface area contributed by atoms with Crippen molar-refractivity contribution >= 4 is 5.57 Å². The zero-order valence-electron chi connectivity index (χ0n) is 11.9. The molecule has 0 atom stereocenters. The van der Waals surface area contributed by atoms with Crippen LogP contribution in [0.3, 0.4) is 0 Å². The molecule has 0 aliphatic heterocycles. The van der Waals surface area contributed by atoms with E-state index >= 15 is 0 Å². The minimum Gasteiger partial charge on any atom is -1.00 e. The third-order valence-corrected chi connectivity index (χ3v) is 3.72. The van der Waals surface area contributed by atoms with Crippen molar-refractivity contribution in [2.75, 3.05) is 0 Å². The van der Waals surface area contributed by atoms with E-state index in [9.17, 15) is 0 Å². The van der Waals surface area contributed by atoms with E-state index in [2.05, 4.69) is 42.8 Å². The van der Waals surface area contributed by atoms with E-state index in [0.717, 1.165) is 6.42 Å². The van der Waals surface area contributed by atoms with Crippen molar-refractivity contribution in [1.82, 2.24) is 0 Å². The Morgan fingerprint density at radius 1 is 1.10 bits per heavy atom. The van der Waals surface area contributed by atoms with Gasteiger partial charge in [-0.15, -0.1) is 18.4 Å². The molecule has 0 saturated carbocycles. The molecule has 0 amide bonds. The van der Waals surface area contributed by atoms with Gasteiger partial charge in [-0.1, -0.05) is 42.7 Å². The molecule has 0 N–H and O–H groups in total. The van der Waals surface area contributed by atoms with Gasteiger partial charge in [0.1, 0.15) is 0 Å². The van der Waals surface area contributed by atoms with Gasteiger partial charge in [-0.25, -0.2) is 24.1 Å². The molecule has 0 radical (unpaired) electrons. The number of allylic oxidation sites excluding steroid dienone is 6. The van der Waals surface area contributed by atoms with Gasteiger partial charge in [-0.2, -0.15) is 11.6 Å². The Balaban J connectivity index is 0.000000437. The molecule has 21 heavy (non-hydrogen) atoms. The van der Waals surface area contributed by atoms with Gasteiger partial charge in [0.15, 0.2) is 0 Å². The third kappa shape index (κ3) is 4.78. The Kier molecular flexibility index (Phi) is 9.45. The minimum absolute atomic E-state index is 0. The Bertz CT molecular complexity index is 520. The normalized spacial score (nSPS) is 16.2. The van der Waals surface area contributed by atoms with Gasteiger partial charge >= 0.3 is 26.2 Å². The Morgan fingerprint density at radius 2 is 1.90 bits per heavy atom. The molecule has 3 aliphatic carbocycles. The molecule has 0 saturated heterocycles. The standard InChI is InChI=1S/C13H13.C5H5.2FH.Zr/c1-3-7-12-10(5-1)9-11-6-2-4-8-13(11)12;1-2-4-5-3-1;;;/h1,3,5-7H,2,4,8-9H2;1-3H,4H2;2*1H;/q2*-1;;;+4/p-2. The summed E-state index contributed by atoms with van der Waals surface area (Å²) in [6.07, 6.45) is 17.5. The van der Waals surface area contributed by atoms with Crippen molar-refractivity contribution in [3.63, 3.8) is 0 Å². The Hall–Kier alpha value is -0.947. The van der Waals surface area contributed by atoms with E-state index in [1.807, 2.05) is 12.2 Å². The minimum atomic E-state index is 0. The summed E-state index contributed by atoms with van der Waals surface area (Å²) < 4.78 is 0. The molecule has 3 heteroatoms. The van der Waals surface area contributed by atoms with Crippen LogP contribution in [0.2, 0.25) is 0 Å². The van der Waals surface area contributed by atoms with Crippen molar-refractivity contribution in [3.05, 3.63) is 71.7 Å². The summed E-state index contributed by atoms with van der Waals surface area (Å²) in [6, 6.07) is 8.85. The third-order valence-electron chi connectivity index (χ3n) is 3.72. The van der Waals surface area contributed by atoms with Gasteiger partial charge in [0.2, 0.25) is 0 Å². The maximum Gasteiger partial charge on any atom is 4.00 e. The van der Waals surface area contributed by atoms with Crippen LogP contribution in [0, 0.1) is 12.5 Å². The fourth-order valence-electron chi connectivity index (χ4n) is 2.84. The topological polar surface area (TPSA) is 0 Å². The van der Waals surface area contributed by atoms with Crippen LogP contribution in [-0.4, -0.2) is 0 Å². The number of benzene rings is 1. The first-order valence-corrected chi connectivity index (χ1v) is 6.80. The van der Waals surface area contributed by atoms with Crippen molar-refractivity contribution in [3.8, 4) is 0 Å². The fraction of sp³-hybridized carbons (Fsp3) is 0.278. The summed E-state index contributed by atoms with van der Waals surface area (Å²) in [5.41, 5.74) is 6.29. The maximum atomic E-state index is 2.99. The molecular formula is C18H18F2Zr. The summed E-state index contributed by atoms with van der Waals surface area (Å²) in [6.45, 7) is 0. The smallest absolute Gasteiger partial charge is 1.00 e. The number of hydrogen-bond acceptors (Lipinski definition) is 0. The number of hydrogen-bond donors (Lipinski definition) is 0. The number of rotatable bonds is 0. The van der Waals surface area contributed by atoms with Gasteiger partial charge < -0.3 is 9.41 Å². The second-order valence-electron chi connectivity index (χ2n) is 4.94. The average molecular weight is 364 g/mol. The molecule has 1 aromatic rings. The van der Waals surface area contributed by atoms with Crippen molar-refractivity contribution < 1.29 is 35.6 Å². The molecule has 0 bridgehead atoms. The molecule has 0 unspecified atom stereocenters. The van der Waals surface area contributed by atoms with Crippen LogP contribution in [0.4, 0.5) is 0 Å². The van der Waals surface area contributed by atoms with Gasteiger partial charge in [0, 0.05) is 0 Å². The van der Waals surface area contributed by atoms with Crippen LogP contribution in [0.25, 0.3) is 5.57 Å². The van der Waals surface area contributed by atoms with Crippen LogP contribution < -0.4 is 9.41 Å². The molecule has 1 aromatic carbocycles. The van der Waals surface area contributed by atoms with Crippen LogP contribution in [0.5, 0.6) is 0 Å². The Labute approximate surface area is 144 Å². The van der Waals surface area contributed by atoms with E-state index in [1.54, 1.807) is 11.1 Å². The van der Waals surface area contributed by atoms with E-state index < -0.39 is 0 Å². The average Bonchev–Trinajstić information content (AvgIpc) is 3.10. The predicted molar refractivity (Wildman–Crippen MR) is 76.8 cm³/mol. The molecule has 3 aliphatic rings. The van der Waals surface area contributed by atoms with Crippen molar-refractivity contribution in [2.24, 2.45) is 0 Å². The van der Waals surface area contributed by atoms with Gasteiger partial charge in [-0.3, -0.25) is 6.08 Å². The second-order valence-corrected chi connectivity index (χ2v) is 4.94. The van der Waals surface area contributed by atoms with Gasteiger partial charge in [0.05, 0.1) is 0 Å². The first kappa shape index (κ1) is 20.1. The summed E-state index contributed by atoms with van der Waals surface area (Å²) in [5, 5.41) is 0. The van der Waals surface area contributed by atoms with Crippen molar-refractivity contribution in [1.29, 1.82) is 0 Å². The molecule has 0 spiro atoms. The summed E-state index contributed by atoms with van der Waals surface area (Å²) in [4.78, 5) is 0. The molecule has 0 nitrogen and oxygen atoms in total. The molecule has 0 aromatic heterocycles. The monoisotopic (exact) mass is 362 g/mol. The molecule has 4 rings (SSSR count).